The van der Waals surface area contributed by atoms with Crippen molar-refractivity contribution in [2.75, 3.05) is 14.2 Å². The van der Waals surface area contributed by atoms with Crippen LogP contribution in [0.15, 0.2) is 35.0 Å². The van der Waals surface area contributed by atoms with E-state index < -0.39 is 0 Å². The highest BCUT2D eigenvalue weighted by Gasteiger charge is 2.17. The Morgan fingerprint density at radius 1 is 1.24 bits per heavy atom. The molecule has 0 atom stereocenters. The zero-order valence-corrected chi connectivity index (χ0v) is 15.8. The number of carbonyl (C=O) groups is 1. The largest absolute Gasteiger partial charge is 0.497 e. The first-order chi connectivity index (χ1) is 12.1. The Hall–Kier alpha value is -2.38. The van der Waals surface area contributed by atoms with Gasteiger partial charge < -0.3 is 14.8 Å². The first-order valence-corrected chi connectivity index (χ1v) is 9.37. The molecule has 2 heterocycles. The quantitative estimate of drug-likeness (QED) is 0.705. The zero-order chi connectivity index (χ0) is 17.8. The van der Waals surface area contributed by atoms with E-state index in [2.05, 4.69) is 10.3 Å². The lowest BCUT2D eigenvalue weighted by Crippen LogP contribution is -2.22. The van der Waals surface area contributed by atoms with Gasteiger partial charge in [-0.3, -0.25) is 4.79 Å². The van der Waals surface area contributed by atoms with Gasteiger partial charge in [0, 0.05) is 29.1 Å². The van der Waals surface area contributed by atoms with Crippen LogP contribution in [0.3, 0.4) is 0 Å². The molecule has 0 unspecified atom stereocenters. The van der Waals surface area contributed by atoms with Crippen LogP contribution in [0.5, 0.6) is 11.5 Å². The molecule has 0 fully saturated rings. The van der Waals surface area contributed by atoms with Crippen molar-refractivity contribution in [3.05, 3.63) is 51.2 Å². The lowest BCUT2D eigenvalue weighted by Gasteiger charge is -2.11. The van der Waals surface area contributed by atoms with E-state index in [1.807, 2.05) is 35.9 Å². The Balaban J connectivity index is 1.73. The summed E-state index contributed by atoms with van der Waals surface area (Å²) in [4.78, 5) is 17.7. The lowest BCUT2D eigenvalue weighted by atomic mass is 10.2. The van der Waals surface area contributed by atoms with E-state index in [1.54, 1.807) is 31.6 Å². The van der Waals surface area contributed by atoms with E-state index in [9.17, 15) is 4.79 Å². The Morgan fingerprint density at radius 3 is 2.76 bits per heavy atom. The molecule has 0 aliphatic rings. The van der Waals surface area contributed by atoms with Crippen LogP contribution >= 0.6 is 22.7 Å². The van der Waals surface area contributed by atoms with Gasteiger partial charge in [-0.25, -0.2) is 4.98 Å². The molecular formula is C18H18N2O3S2. The van der Waals surface area contributed by atoms with Crippen molar-refractivity contribution in [2.45, 2.75) is 13.5 Å². The molecule has 0 bridgehead atoms. The Morgan fingerprint density at radius 2 is 2.08 bits per heavy atom. The van der Waals surface area contributed by atoms with Crippen LogP contribution in [0.25, 0.3) is 10.6 Å². The van der Waals surface area contributed by atoms with Crippen molar-refractivity contribution in [2.24, 2.45) is 0 Å². The molecule has 25 heavy (non-hydrogen) atoms. The van der Waals surface area contributed by atoms with Crippen LogP contribution in [0, 0.1) is 6.92 Å². The number of hydrogen-bond acceptors (Lipinski definition) is 6. The summed E-state index contributed by atoms with van der Waals surface area (Å²) in [5.74, 6) is 1.26. The second-order valence-corrected chi connectivity index (χ2v) is 7.09. The highest BCUT2D eigenvalue weighted by atomic mass is 32.1. The molecule has 1 aromatic carbocycles. The van der Waals surface area contributed by atoms with Gasteiger partial charge in [0.2, 0.25) is 0 Å². The number of thiazole rings is 1. The van der Waals surface area contributed by atoms with Crippen LogP contribution < -0.4 is 14.8 Å². The number of benzene rings is 1. The summed E-state index contributed by atoms with van der Waals surface area (Å²) in [7, 11) is 3.20. The predicted octanol–water partition coefficient (Wildman–Crippen LogP) is 4.13. The van der Waals surface area contributed by atoms with E-state index in [0.717, 1.165) is 21.8 Å². The fraction of sp³-hybridized carbons (Fsp3) is 0.222. The van der Waals surface area contributed by atoms with Crippen molar-refractivity contribution < 1.29 is 14.3 Å². The van der Waals surface area contributed by atoms with Gasteiger partial charge in [-0.15, -0.1) is 11.3 Å². The van der Waals surface area contributed by atoms with Crippen molar-refractivity contribution >= 4 is 28.6 Å². The van der Waals surface area contributed by atoms with Crippen molar-refractivity contribution in [1.29, 1.82) is 0 Å². The third-order valence-corrected chi connectivity index (χ3v) is 5.59. The topological polar surface area (TPSA) is 60.5 Å². The monoisotopic (exact) mass is 374 g/mol. The summed E-state index contributed by atoms with van der Waals surface area (Å²) in [5, 5.41) is 7.84. The minimum Gasteiger partial charge on any atom is -0.497 e. The molecule has 5 nitrogen and oxygen atoms in total. The predicted molar refractivity (Wildman–Crippen MR) is 101 cm³/mol. The van der Waals surface area contributed by atoms with Gasteiger partial charge >= 0.3 is 0 Å². The second-order valence-electron chi connectivity index (χ2n) is 5.31. The summed E-state index contributed by atoms with van der Waals surface area (Å²) >= 11 is 3.02. The fourth-order valence-electron chi connectivity index (χ4n) is 2.37. The van der Waals surface area contributed by atoms with Crippen LogP contribution in [-0.4, -0.2) is 25.1 Å². The summed E-state index contributed by atoms with van der Waals surface area (Å²) in [5.41, 5.74) is 2.68. The third-order valence-electron chi connectivity index (χ3n) is 3.70. The van der Waals surface area contributed by atoms with Gasteiger partial charge in [-0.2, -0.15) is 11.3 Å². The molecule has 0 saturated heterocycles. The number of rotatable bonds is 6. The maximum Gasteiger partial charge on any atom is 0.263 e. The first-order valence-electron chi connectivity index (χ1n) is 7.61. The number of aromatic nitrogens is 1. The number of carbonyl (C=O) groups excluding carboxylic acids is 1. The number of methoxy groups -OCH3 is 2. The van der Waals surface area contributed by atoms with Crippen LogP contribution in [0.4, 0.5) is 0 Å². The minimum atomic E-state index is -0.130. The summed E-state index contributed by atoms with van der Waals surface area (Å²) in [6, 6.07) is 7.53. The fourth-order valence-corrected chi connectivity index (χ4v) is 4.06. The van der Waals surface area contributed by atoms with Crippen LogP contribution in [0.1, 0.15) is 20.9 Å². The summed E-state index contributed by atoms with van der Waals surface area (Å²) in [6.07, 6.45) is 0. The molecule has 7 heteroatoms. The molecule has 3 rings (SSSR count). The second kappa shape index (κ2) is 7.67. The maximum atomic E-state index is 12.5. The van der Waals surface area contributed by atoms with Crippen LogP contribution in [-0.2, 0) is 6.54 Å². The number of nitrogens with zero attached hydrogens (tertiary/aromatic N) is 1. The van der Waals surface area contributed by atoms with Gasteiger partial charge in [0.15, 0.2) is 0 Å². The number of amides is 1. The van der Waals surface area contributed by atoms with Crippen molar-refractivity contribution in [1.82, 2.24) is 10.3 Å². The van der Waals surface area contributed by atoms with Crippen molar-refractivity contribution in [3.8, 4) is 22.1 Å². The van der Waals surface area contributed by atoms with Gasteiger partial charge in [-0.1, -0.05) is 0 Å². The minimum absolute atomic E-state index is 0.130. The Kier molecular flexibility index (Phi) is 5.35. The number of ether oxygens (including phenoxy) is 2. The maximum absolute atomic E-state index is 12.5. The average molecular weight is 374 g/mol. The van der Waals surface area contributed by atoms with E-state index in [-0.39, 0.29) is 5.91 Å². The van der Waals surface area contributed by atoms with Crippen molar-refractivity contribution in [3.63, 3.8) is 0 Å². The first kappa shape index (κ1) is 17.4. The molecule has 2 aromatic heterocycles. The summed E-state index contributed by atoms with van der Waals surface area (Å²) in [6.45, 7) is 2.23. The molecular weight excluding hydrogens is 356 g/mol. The van der Waals surface area contributed by atoms with Gasteiger partial charge in [0.05, 0.1) is 19.9 Å². The molecule has 0 radical (unpaired) electrons. The molecule has 1 N–H and O–H groups in total. The molecule has 1 amide bonds. The normalized spacial score (nSPS) is 10.5. The van der Waals surface area contributed by atoms with Crippen LogP contribution in [0.2, 0.25) is 0 Å². The molecule has 3 aromatic rings. The molecule has 0 aliphatic heterocycles. The van der Waals surface area contributed by atoms with E-state index in [0.29, 0.717) is 22.9 Å². The number of thiophene rings is 1. The SMILES string of the molecule is COc1ccc(CNC(=O)c2sc(-c3ccsc3)nc2C)c(OC)c1. The van der Waals surface area contributed by atoms with E-state index in [1.165, 1.54) is 11.3 Å². The standard InChI is InChI=1S/C18H18N2O3S2/c1-11-16(25-18(20-11)13-6-7-24-10-13)17(21)19-9-12-4-5-14(22-2)8-15(12)23-3/h4-8,10H,9H2,1-3H3,(H,19,21). The number of hydrogen-bond donors (Lipinski definition) is 1. The van der Waals surface area contributed by atoms with Gasteiger partial charge in [-0.05, 0) is 30.5 Å². The Bertz CT molecular complexity index is 873. The van der Waals surface area contributed by atoms with Gasteiger partial charge in [0.1, 0.15) is 21.4 Å². The lowest BCUT2D eigenvalue weighted by molar-refractivity contribution is 0.0954. The molecule has 0 aliphatic carbocycles. The zero-order valence-electron chi connectivity index (χ0n) is 14.2. The molecule has 0 spiro atoms. The highest BCUT2D eigenvalue weighted by Crippen LogP contribution is 2.29. The Labute approximate surface area is 154 Å². The molecule has 0 saturated carbocycles. The summed E-state index contributed by atoms with van der Waals surface area (Å²) < 4.78 is 10.6. The number of nitrogens with one attached hydrogen (secondary N) is 1. The third kappa shape index (κ3) is 3.83. The average Bonchev–Trinajstić information content (AvgIpc) is 3.29. The van der Waals surface area contributed by atoms with E-state index in [4.69, 9.17) is 9.47 Å². The highest BCUT2D eigenvalue weighted by molar-refractivity contribution is 7.17. The van der Waals surface area contributed by atoms with E-state index >= 15 is 0 Å². The smallest absolute Gasteiger partial charge is 0.263 e. The van der Waals surface area contributed by atoms with Gasteiger partial charge in [0.25, 0.3) is 5.91 Å². The number of aryl methyl sites for hydroxylation is 1. The molecule has 130 valence electrons.